The molecule has 3 N–H and O–H groups in total. The second kappa shape index (κ2) is 8.63. The maximum atomic E-state index is 12.3. The van der Waals surface area contributed by atoms with E-state index in [0.717, 1.165) is 38.6 Å². The first-order valence-corrected chi connectivity index (χ1v) is 8.36. The van der Waals surface area contributed by atoms with Gasteiger partial charge in [0.15, 0.2) is 0 Å². The van der Waals surface area contributed by atoms with Crippen LogP contribution in [0.1, 0.15) is 65.7 Å². The molecule has 0 atom stereocenters. The van der Waals surface area contributed by atoms with Crippen LogP contribution in [-0.4, -0.2) is 42.0 Å². The molecule has 0 aromatic heterocycles. The third-order valence-electron chi connectivity index (χ3n) is 4.76. The van der Waals surface area contributed by atoms with Crippen molar-refractivity contribution >= 4 is 5.91 Å². The van der Waals surface area contributed by atoms with E-state index >= 15 is 0 Å². The Kier molecular flexibility index (Phi) is 7.52. The molecule has 4 nitrogen and oxygen atoms in total. The van der Waals surface area contributed by atoms with Gasteiger partial charge < -0.3 is 11.1 Å². The lowest BCUT2D eigenvalue weighted by Crippen LogP contribution is -2.55. The second-order valence-corrected chi connectivity index (χ2v) is 6.14. The van der Waals surface area contributed by atoms with E-state index in [1.165, 1.54) is 12.8 Å². The molecule has 1 fully saturated rings. The van der Waals surface area contributed by atoms with Crippen molar-refractivity contribution in [1.82, 2.24) is 10.2 Å². The Hall–Kier alpha value is -0.610. The average Bonchev–Trinajstić information content (AvgIpc) is 2.94. The van der Waals surface area contributed by atoms with Crippen LogP contribution < -0.4 is 11.1 Å². The van der Waals surface area contributed by atoms with Gasteiger partial charge >= 0.3 is 0 Å². The second-order valence-electron chi connectivity index (χ2n) is 6.14. The third-order valence-corrected chi connectivity index (χ3v) is 4.76. The van der Waals surface area contributed by atoms with Crippen molar-refractivity contribution in [3.63, 3.8) is 0 Å². The predicted octanol–water partition coefficient (Wildman–Crippen LogP) is 2.27. The number of nitrogens with zero attached hydrogens (tertiary/aromatic N) is 1. The highest BCUT2D eigenvalue weighted by Crippen LogP contribution is 2.34. The van der Waals surface area contributed by atoms with E-state index in [2.05, 4.69) is 31.0 Å². The summed E-state index contributed by atoms with van der Waals surface area (Å²) in [5, 5.41) is 3.15. The van der Waals surface area contributed by atoms with E-state index in [1.54, 1.807) is 0 Å². The Bertz CT molecular complexity index is 283. The summed E-state index contributed by atoms with van der Waals surface area (Å²) in [5.41, 5.74) is 6.13. The summed E-state index contributed by atoms with van der Waals surface area (Å²) >= 11 is 0. The van der Waals surface area contributed by atoms with Crippen LogP contribution in [0.4, 0.5) is 0 Å². The van der Waals surface area contributed by atoms with Gasteiger partial charge in [0.1, 0.15) is 0 Å². The molecular weight excluding hydrogens is 250 g/mol. The van der Waals surface area contributed by atoms with Crippen LogP contribution in [0.5, 0.6) is 0 Å². The molecule has 4 heteroatoms. The van der Waals surface area contributed by atoms with Gasteiger partial charge in [-0.15, -0.1) is 0 Å². The fraction of sp³-hybridized carbons (Fsp3) is 0.938. The fourth-order valence-corrected chi connectivity index (χ4v) is 3.38. The minimum atomic E-state index is 0.0707. The van der Waals surface area contributed by atoms with E-state index in [9.17, 15) is 4.79 Å². The first kappa shape index (κ1) is 17.4. The number of nitrogens with one attached hydrogen (secondary N) is 1. The summed E-state index contributed by atoms with van der Waals surface area (Å²) in [6.45, 7) is 8.55. The number of hydrogen-bond acceptors (Lipinski definition) is 3. The van der Waals surface area contributed by atoms with Crippen LogP contribution in [0.15, 0.2) is 0 Å². The van der Waals surface area contributed by atoms with Crippen molar-refractivity contribution in [3.05, 3.63) is 0 Å². The highest BCUT2D eigenvalue weighted by molar-refractivity contribution is 5.78. The van der Waals surface area contributed by atoms with Gasteiger partial charge in [0.05, 0.1) is 6.54 Å². The molecule has 118 valence electrons. The number of nitrogens with two attached hydrogens (primary N) is 1. The van der Waals surface area contributed by atoms with Gasteiger partial charge in [-0.25, -0.2) is 0 Å². The lowest BCUT2D eigenvalue weighted by atomic mass is 9.94. The molecule has 1 rings (SSSR count). The van der Waals surface area contributed by atoms with Crippen molar-refractivity contribution in [1.29, 1.82) is 0 Å². The van der Waals surface area contributed by atoms with Gasteiger partial charge in [-0.05, 0) is 38.6 Å². The lowest BCUT2D eigenvalue weighted by molar-refractivity contribution is -0.124. The lowest BCUT2D eigenvalue weighted by Gasteiger charge is -2.40. The van der Waals surface area contributed by atoms with E-state index in [0.29, 0.717) is 19.1 Å². The quantitative estimate of drug-likeness (QED) is 0.682. The Morgan fingerprint density at radius 3 is 2.30 bits per heavy atom. The molecule has 0 bridgehead atoms. The first-order chi connectivity index (χ1) is 9.61. The predicted molar refractivity (Wildman–Crippen MR) is 84.6 cm³/mol. The third kappa shape index (κ3) is 4.45. The van der Waals surface area contributed by atoms with Crippen LogP contribution in [0, 0.1) is 0 Å². The number of amides is 1. The largest absolute Gasteiger partial charge is 0.352 e. The molecule has 1 aliphatic rings. The minimum absolute atomic E-state index is 0.0707. The van der Waals surface area contributed by atoms with Crippen LogP contribution in [0.25, 0.3) is 0 Å². The van der Waals surface area contributed by atoms with Crippen molar-refractivity contribution in [2.24, 2.45) is 5.73 Å². The van der Waals surface area contributed by atoms with Crippen LogP contribution >= 0.6 is 0 Å². The fourth-order valence-electron chi connectivity index (χ4n) is 3.38. The maximum Gasteiger partial charge on any atom is 0.234 e. The molecule has 0 saturated heterocycles. The van der Waals surface area contributed by atoms with Crippen molar-refractivity contribution in [2.75, 3.05) is 19.6 Å². The summed E-state index contributed by atoms with van der Waals surface area (Å²) in [6, 6.07) is 0.309. The highest BCUT2D eigenvalue weighted by atomic mass is 16.2. The summed E-state index contributed by atoms with van der Waals surface area (Å²) in [6.07, 6.45) is 7.83. The molecule has 0 aliphatic heterocycles. The molecule has 1 aliphatic carbocycles. The molecule has 0 radical (unpaired) electrons. The average molecular weight is 283 g/mol. The Morgan fingerprint density at radius 1 is 1.25 bits per heavy atom. The number of carbonyl (C=O) groups excluding carboxylic acids is 1. The van der Waals surface area contributed by atoms with Crippen molar-refractivity contribution in [2.45, 2.75) is 77.3 Å². The molecule has 0 aromatic rings. The van der Waals surface area contributed by atoms with E-state index in [-0.39, 0.29) is 11.4 Å². The molecular formula is C16H33N3O. The maximum absolute atomic E-state index is 12.3. The van der Waals surface area contributed by atoms with E-state index in [1.807, 2.05) is 0 Å². The molecule has 1 saturated carbocycles. The first-order valence-electron chi connectivity index (χ1n) is 8.36. The standard InChI is InChI=1S/C16H33N3O/c1-4-11-19(16(13-17)9-7-8-10-16)12-15(20)18-14(5-2)6-3/h14H,4-13,17H2,1-3H3,(H,18,20). The molecule has 1 amide bonds. The normalized spacial score (nSPS) is 17.9. The van der Waals surface area contributed by atoms with E-state index in [4.69, 9.17) is 5.73 Å². The van der Waals surface area contributed by atoms with E-state index < -0.39 is 0 Å². The van der Waals surface area contributed by atoms with Crippen LogP contribution in [0.3, 0.4) is 0 Å². The van der Waals surface area contributed by atoms with Crippen LogP contribution in [0.2, 0.25) is 0 Å². The summed E-state index contributed by atoms with van der Waals surface area (Å²) in [4.78, 5) is 14.6. The topological polar surface area (TPSA) is 58.4 Å². The smallest absolute Gasteiger partial charge is 0.234 e. The molecule has 0 spiro atoms. The zero-order valence-electron chi connectivity index (χ0n) is 13.6. The van der Waals surface area contributed by atoms with Gasteiger partial charge in [-0.1, -0.05) is 33.6 Å². The van der Waals surface area contributed by atoms with Crippen molar-refractivity contribution in [3.8, 4) is 0 Å². The number of rotatable bonds is 9. The highest BCUT2D eigenvalue weighted by Gasteiger charge is 2.38. The Labute approximate surface area is 124 Å². The van der Waals surface area contributed by atoms with Crippen LogP contribution in [-0.2, 0) is 4.79 Å². The Morgan fingerprint density at radius 2 is 1.85 bits per heavy atom. The number of hydrogen-bond donors (Lipinski definition) is 2. The van der Waals surface area contributed by atoms with Gasteiger partial charge in [0, 0.05) is 18.1 Å². The van der Waals surface area contributed by atoms with Gasteiger partial charge in [-0.3, -0.25) is 9.69 Å². The number of carbonyl (C=O) groups is 1. The zero-order valence-corrected chi connectivity index (χ0v) is 13.6. The molecule has 0 heterocycles. The molecule has 0 aromatic carbocycles. The van der Waals surface area contributed by atoms with Crippen molar-refractivity contribution < 1.29 is 4.79 Å². The summed E-state index contributed by atoms with van der Waals surface area (Å²) in [5.74, 6) is 0.159. The van der Waals surface area contributed by atoms with Gasteiger partial charge in [-0.2, -0.15) is 0 Å². The molecule has 20 heavy (non-hydrogen) atoms. The minimum Gasteiger partial charge on any atom is -0.352 e. The van der Waals surface area contributed by atoms with Gasteiger partial charge in [0.25, 0.3) is 0 Å². The summed E-state index contributed by atoms with van der Waals surface area (Å²) < 4.78 is 0. The Balaban J connectivity index is 2.64. The summed E-state index contributed by atoms with van der Waals surface area (Å²) in [7, 11) is 0. The zero-order chi connectivity index (χ0) is 15.0. The SMILES string of the molecule is CCCN(CC(=O)NC(CC)CC)C1(CN)CCCC1. The monoisotopic (exact) mass is 283 g/mol. The van der Waals surface area contributed by atoms with Gasteiger partial charge in [0.2, 0.25) is 5.91 Å². The molecule has 0 unspecified atom stereocenters.